The van der Waals surface area contributed by atoms with Gasteiger partial charge < -0.3 is 20.7 Å². The highest BCUT2D eigenvalue weighted by Gasteiger charge is 2.06. The van der Waals surface area contributed by atoms with Crippen LogP contribution in [-0.4, -0.2) is 36.1 Å². The van der Waals surface area contributed by atoms with Crippen LogP contribution in [0.2, 0.25) is 0 Å². The third-order valence-electron chi connectivity index (χ3n) is 2.60. The topological polar surface area (TPSA) is 89.2 Å². The van der Waals surface area contributed by atoms with Crippen molar-refractivity contribution in [2.45, 2.75) is 6.61 Å². The van der Waals surface area contributed by atoms with Gasteiger partial charge in [-0.3, -0.25) is 0 Å². The largest absolute Gasteiger partial charge is 0.486 e. The van der Waals surface area contributed by atoms with Crippen LogP contribution in [0.1, 0.15) is 5.82 Å². The number of hydrogen-bond donors (Lipinski definition) is 2. The van der Waals surface area contributed by atoms with E-state index >= 15 is 0 Å². The van der Waals surface area contributed by atoms with Crippen LogP contribution in [0.5, 0.6) is 5.75 Å². The second-order valence-corrected chi connectivity index (χ2v) is 4.37. The summed E-state index contributed by atoms with van der Waals surface area (Å²) < 4.78 is 5.63. The maximum Gasteiger partial charge on any atom is 0.230 e. The Morgan fingerprint density at radius 2 is 1.85 bits per heavy atom. The Balaban J connectivity index is 2.06. The van der Waals surface area contributed by atoms with E-state index in [-0.39, 0.29) is 12.6 Å². The fourth-order valence-electron chi connectivity index (χ4n) is 1.56. The summed E-state index contributed by atoms with van der Waals surface area (Å²) in [5.74, 6) is 1.95. The zero-order chi connectivity index (χ0) is 14.5. The van der Waals surface area contributed by atoms with Crippen molar-refractivity contribution in [1.29, 1.82) is 0 Å². The van der Waals surface area contributed by atoms with E-state index in [1.54, 1.807) is 4.90 Å². The zero-order valence-corrected chi connectivity index (χ0v) is 11.8. The van der Waals surface area contributed by atoms with Crippen molar-refractivity contribution in [2.75, 3.05) is 37.1 Å². The van der Waals surface area contributed by atoms with Gasteiger partial charge in [0, 0.05) is 26.8 Å². The Hall–Kier alpha value is -2.57. The quantitative estimate of drug-likeness (QED) is 0.845. The summed E-state index contributed by atoms with van der Waals surface area (Å²) in [6.45, 7) is 0.243. The van der Waals surface area contributed by atoms with E-state index in [1.807, 2.05) is 45.4 Å². The number of nitrogens with zero attached hydrogens (tertiary/aromatic N) is 4. The molecule has 0 saturated heterocycles. The monoisotopic (exact) mass is 274 g/mol. The average Bonchev–Trinajstić information content (AvgIpc) is 2.45. The van der Waals surface area contributed by atoms with Crippen molar-refractivity contribution in [3.05, 3.63) is 30.1 Å². The van der Waals surface area contributed by atoms with Gasteiger partial charge in [-0.25, -0.2) is 0 Å². The molecule has 106 valence electrons. The predicted molar refractivity (Wildman–Crippen MR) is 78.9 cm³/mol. The highest BCUT2D eigenvalue weighted by atomic mass is 16.5. The Labute approximate surface area is 117 Å². The first kappa shape index (κ1) is 13.9. The molecule has 0 spiro atoms. The van der Waals surface area contributed by atoms with E-state index < -0.39 is 0 Å². The van der Waals surface area contributed by atoms with Crippen LogP contribution in [0.4, 0.5) is 17.6 Å². The van der Waals surface area contributed by atoms with Gasteiger partial charge in [-0.1, -0.05) is 0 Å². The molecule has 7 heteroatoms. The van der Waals surface area contributed by atoms with Crippen molar-refractivity contribution in [1.82, 2.24) is 15.0 Å². The first-order valence-corrected chi connectivity index (χ1v) is 6.17. The molecule has 0 atom stereocenters. The highest BCUT2D eigenvalue weighted by molar-refractivity contribution is 5.45. The van der Waals surface area contributed by atoms with Crippen LogP contribution < -0.4 is 20.7 Å². The Kier molecular flexibility index (Phi) is 4.19. The molecular weight excluding hydrogens is 256 g/mol. The highest BCUT2D eigenvalue weighted by Crippen LogP contribution is 2.16. The molecule has 2 rings (SSSR count). The molecule has 2 aromatic rings. The van der Waals surface area contributed by atoms with Gasteiger partial charge in [0.1, 0.15) is 12.4 Å². The lowest BCUT2D eigenvalue weighted by molar-refractivity contribution is 0.296. The lowest BCUT2D eigenvalue weighted by atomic mass is 10.3. The smallest absolute Gasteiger partial charge is 0.230 e. The van der Waals surface area contributed by atoms with E-state index in [2.05, 4.69) is 20.3 Å². The van der Waals surface area contributed by atoms with Crippen LogP contribution in [0.15, 0.2) is 24.3 Å². The van der Waals surface area contributed by atoms with Gasteiger partial charge in [0.25, 0.3) is 0 Å². The summed E-state index contributed by atoms with van der Waals surface area (Å²) in [6.07, 6.45) is 0. The molecule has 20 heavy (non-hydrogen) atoms. The number of ether oxygens (including phenoxy) is 1. The number of anilines is 3. The lowest BCUT2D eigenvalue weighted by Gasteiger charge is -2.12. The minimum atomic E-state index is 0.188. The number of benzene rings is 1. The van der Waals surface area contributed by atoms with Gasteiger partial charge in [0.15, 0.2) is 5.82 Å². The van der Waals surface area contributed by atoms with Gasteiger partial charge in [-0.2, -0.15) is 15.0 Å². The Morgan fingerprint density at radius 3 is 2.45 bits per heavy atom. The maximum absolute atomic E-state index is 5.65. The van der Waals surface area contributed by atoms with Crippen LogP contribution in [0.3, 0.4) is 0 Å². The van der Waals surface area contributed by atoms with E-state index in [0.29, 0.717) is 11.8 Å². The van der Waals surface area contributed by atoms with Gasteiger partial charge >= 0.3 is 0 Å². The first-order valence-electron chi connectivity index (χ1n) is 6.17. The third-order valence-corrected chi connectivity index (χ3v) is 2.60. The molecule has 0 aliphatic heterocycles. The summed E-state index contributed by atoms with van der Waals surface area (Å²) in [4.78, 5) is 14.1. The third kappa shape index (κ3) is 3.47. The second-order valence-electron chi connectivity index (χ2n) is 4.37. The van der Waals surface area contributed by atoms with Crippen molar-refractivity contribution >= 4 is 17.6 Å². The summed E-state index contributed by atoms with van der Waals surface area (Å²) in [5, 5.41) is 3.04. The van der Waals surface area contributed by atoms with Crippen molar-refractivity contribution < 1.29 is 4.74 Å². The SMILES string of the molecule is CNc1ccc(OCc2nc(N)nc(N(C)C)n2)cc1. The predicted octanol–water partition coefficient (Wildman–Crippen LogP) is 1.14. The Bertz CT molecular complexity index is 570. The van der Waals surface area contributed by atoms with Crippen LogP contribution in [-0.2, 0) is 6.61 Å². The molecule has 1 aromatic carbocycles. The number of hydrogen-bond acceptors (Lipinski definition) is 7. The number of rotatable bonds is 5. The minimum absolute atomic E-state index is 0.188. The van der Waals surface area contributed by atoms with E-state index in [9.17, 15) is 0 Å². The molecule has 0 aliphatic rings. The van der Waals surface area contributed by atoms with Crippen molar-refractivity contribution in [2.24, 2.45) is 0 Å². The number of nitrogens with two attached hydrogens (primary N) is 1. The molecule has 0 fully saturated rings. The zero-order valence-electron chi connectivity index (χ0n) is 11.8. The number of nitrogens with one attached hydrogen (secondary N) is 1. The molecular formula is C13H18N6O. The summed E-state index contributed by atoms with van der Waals surface area (Å²) in [6, 6.07) is 7.62. The minimum Gasteiger partial charge on any atom is -0.486 e. The van der Waals surface area contributed by atoms with E-state index in [0.717, 1.165) is 11.4 Å². The standard InChI is InChI=1S/C13H18N6O/c1-15-9-4-6-10(7-5-9)20-8-11-16-12(14)18-13(17-11)19(2)3/h4-7,15H,8H2,1-3H3,(H2,14,16,17,18). The van der Waals surface area contributed by atoms with Crippen molar-refractivity contribution in [3.63, 3.8) is 0 Å². The van der Waals surface area contributed by atoms with Crippen LogP contribution in [0.25, 0.3) is 0 Å². The van der Waals surface area contributed by atoms with Gasteiger partial charge in [0.2, 0.25) is 11.9 Å². The summed E-state index contributed by atoms with van der Waals surface area (Å²) in [5.41, 5.74) is 6.68. The fraction of sp³-hybridized carbons (Fsp3) is 0.308. The van der Waals surface area contributed by atoms with Crippen molar-refractivity contribution in [3.8, 4) is 5.75 Å². The van der Waals surface area contributed by atoms with Gasteiger partial charge in [-0.05, 0) is 24.3 Å². The molecule has 0 bridgehead atoms. The molecule has 7 nitrogen and oxygen atoms in total. The summed E-state index contributed by atoms with van der Waals surface area (Å²) >= 11 is 0. The molecule has 0 saturated carbocycles. The second kappa shape index (κ2) is 6.05. The normalized spacial score (nSPS) is 10.2. The molecule has 1 heterocycles. The van der Waals surface area contributed by atoms with Gasteiger partial charge in [0.05, 0.1) is 0 Å². The molecule has 0 radical (unpaired) electrons. The maximum atomic E-state index is 5.65. The molecule has 1 aromatic heterocycles. The molecule has 0 amide bonds. The first-order chi connectivity index (χ1) is 9.58. The molecule has 3 N–H and O–H groups in total. The summed E-state index contributed by atoms with van der Waals surface area (Å²) in [7, 11) is 5.55. The molecule has 0 aliphatic carbocycles. The van der Waals surface area contributed by atoms with Crippen LogP contribution >= 0.6 is 0 Å². The van der Waals surface area contributed by atoms with Gasteiger partial charge in [-0.15, -0.1) is 0 Å². The van der Waals surface area contributed by atoms with Crippen LogP contribution in [0, 0.1) is 0 Å². The average molecular weight is 274 g/mol. The fourth-order valence-corrected chi connectivity index (χ4v) is 1.56. The van der Waals surface area contributed by atoms with E-state index in [1.165, 1.54) is 0 Å². The lowest BCUT2D eigenvalue weighted by Crippen LogP contribution is -2.16. The number of nitrogen functional groups attached to an aromatic ring is 1. The molecule has 0 unspecified atom stereocenters. The van der Waals surface area contributed by atoms with E-state index in [4.69, 9.17) is 10.5 Å². The Morgan fingerprint density at radius 1 is 1.15 bits per heavy atom. The number of aromatic nitrogens is 3.